The lowest BCUT2D eigenvalue weighted by Gasteiger charge is -2.00. The maximum atomic E-state index is 3.41. The molecule has 0 amide bonds. The van der Waals surface area contributed by atoms with Crippen LogP contribution in [-0.4, -0.2) is 17.9 Å². The van der Waals surface area contributed by atoms with Crippen molar-refractivity contribution in [2.45, 2.75) is 18.9 Å². The molecule has 0 aromatic heterocycles. The number of hydrogen-bond acceptors (Lipinski definition) is 1. The van der Waals surface area contributed by atoms with E-state index in [4.69, 9.17) is 0 Å². The van der Waals surface area contributed by atoms with E-state index >= 15 is 0 Å². The van der Waals surface area contributed by atoms with Crippen LogP contribution < -0.4 is 5.32 Å². The number of nitrogens with one attached hydrogen (secondary N) is 1. The molecule has 1 rings (SSSR count). The van der Waals surface area contributed by atoms with Crippen LogP contribution in [0.3, 0.4) is 0 Å². The monoisotopic (exact) mass is 163 g/mol. The van der Waals surface area contributed by atoms with Crippen molar-refractivity contribution >= 4 is 15.9 Å². The minimum atomic E-state index is 0.764. The van der Waals surface area contributed by atoms with Crippen molar-refractivity contribution in [3.05, 3.63) is 0 Å². The van der Waals surface area contributed by atoms with Crippen molar-refractivity contribution in [3.63, 3.8) is 0 Å². The molecule has 0 bridgehead atoms. The summed E-state index contributed by atoms with van der Waals surface area (Å²) in [5, 5.41) is 4.48. The van der Waals surface area contributed by atoms with Crippen molar-refractivity contribution in [2.75, 3.05) is 11.9 Å². The van der Waals surface area contributed by atoms with Gasteiger partial charge in [0.2, 0.25) is 0 Å². The summed E-state index contributed by atoms with van der Waals surface area (Å²) in [5.74, 6) is 0. The van der Waals surface area contributed by atoms with Gasteiger partial charge in [0.05, 0.1) is 0 Å². The predicted octanol–water partition coefficient (Wildman–Crippen LogP) is 1.13. The van der Waals surface area contributed by atoms with E-state index in [0.29, 0.717) is 0 Å². The first kappa shape index (κ1) is 5.57. The van der Waals surface area contributed by atoms with E-state index in [9.17, 15) is 0 Å². The third-order valence-electron chi connectivity index (χ3n) is 1.35. The molecule has 1 aliphatic heterocycles. The Kier molecular flexibility index (Phi) is 2.13. The zero-order valence-corrected chi connectivity index (χ0v) is 5.87. The highest BCUT2D eigenvalue weighted by Gasteiger charge is 2.10. The molecule has 0 unspecified atom stereocenters. The highest BCUT2D eigenvalue weighted by atomic mass is 79.9. The molecule has 0 radical (unpaired) electrons. The summed E-state index contributed by atoms with van der Waals surface area (Å²) < 4.78 is 0. The zero-order valence-electron chi connectivity index (χ0n) is 4.28. The molecule has 42 valence electrons. The summed E-state index contributed by atoms with van der Waals surface area (Å²) >= 11 is 3.41. The molecule has 1 nitrogen and oxygen atoms in total. The van der Waals surface area contributed by atoms with Crippen LogP contribution in [0.15, 0.2) is 0 Å². The first-order valence-electron chi connectivity index (χ1n) is 2.73. The number of alkyl halides is 1. The quantitative estimate of drug-likeness (QED) is 0.573. The Balaban J connectivity index is 2.14. The van der Waals surface area contributed by atoms with Gasteiger partial charge in [-0.1, -0.05) is 15.9 Å². The molecule has 7 heavy (non-hydrogen) atoms. The third-order valence-corrected chi connectivity index (χ3v) is 2.13. The van der Waals surface area contributed by atoms with Gasteiger partial charge in [-0.05, 0) is 19.4 Å². The van der Waals surface area contributed by atoms with Gasteiger partial charge >= 0.3 is 0 Å². The Bertz CT molecular complexity index is 50.0. The first-order chi connectivity index (χ1) is 3.43. The van der Waals surface area contributed by atoms with E-state index in [-0.39, 0.29) is 0 Å². The molecule has 1 fully saturated rings. The SMILES string of the molecule is BrC[C@H]1CCCN1. The Morgan fingerprint density at radius 2 is 2.57 bits per heavy atom. The molecule has 0 aliphatic carbocycles. The van der Waals surface area contributed by atoms with Crippen molar-refractivity contribution in [1.29, 1.82) is 0 Å². The molecule has 0 aromatic carbocycles. The van der Waals surface area contributed by atoms with Gasteiger partial charge in [0.25, 0.3) is 0 Å². The van der Waals surface area contributed by atoms with Gasteiger partial charge in [-0.3, -0.25) is 0 Å². The summed E-state index contributed by atoms with van der Waals surface area (Å²) in [6, 6.07) is 0.764. The number of hydrogen-bond donors (Lipinski definition) is 1. The second-order valence-electron chi connectivity index (χ2n) is 1.95. The molecule has 1 heterocycles. The molecule has 0 saturated carbocycles. The van der Waals surface area contributed by atoms with Crippen molar-refractivity contribution < 1.29 is 0 Å². The molecule has 1 aliphatic rings. The van der Waals surface area contributed by atoms with E-state index in [1.165, 1.54) is 19.4 Å². The molecular weight excluding hydrogens is 154 g/mol. The van der Waals surface area contributed by atoms with Gasteiger partial charge in [-0.2, -0.15) is 0 Å². The van der Waals surface area contributed by atoms with Crippen LogP contribution >= 0.6 is 15.9 Å². The predicted molar refractivity (Wildman–Crippen MR) is 34.8 cm³/mol. The lowest BCUT2D eigenvalue weighted by atomic mass is 10.3. The molecule has 1 saturated heterocycles. The Labute approximate surface area is 52.6 Å². The minimum Gasteiger partial charge on any atom is -0.313 e. The third kappa shape index (κ3) is 1.42. The van der Waals surface area contributed by atoms with Gasteiger partial charge in [0.1, 0.15) is 0 Å². The Hall–Kier alpha value is 0.440. The lowest BCUT2D eigenvalue weighted by molar-refractivity contribution is 0.678. The van der Waals surface area contributed by atoms with Crippen LogP contribution in [0, 0.1) is 0 Å². The molecule has 1 atom stereocenters. The number of halogens is 1. The van der Waals surface area contributed by atoms with Gasteiger partial charge in [0, 0.05) is 11.4 Å². The molecule has 2 heteroatoms. The van der Waals surface area contributed by atoms with Gasteiger partial charge in [-0.25, -0.2) is 0 Å². The highest BCUT2D eigenvalue weighted by Crippen LogP contribution is 2.06. The topological polar surface area (TPSA) is 12.0 Å². The fourth-order valence-corrected chi connectivity index (χ4v) is 1.44. The average Bonchev–Trinajstić information content (AvgIpc) is 2.14. The summed E-state index contributed by atoms with van der Waals surface area (Å²) in [7, 11) is 0. The van der Waals surface area contributed by atoms with E-state index in [1.807, 2.05) is 0 Å². The van der Waals surface area contributed by atoms with Crippen LogP contribution in [0.25, 0.3) is 0 Å². The Morgan fingerprint density at radius 3 is 2.86 bits per heavy atom. The van der Waals surface area contributed by atoms with Crippen LogP contribution in [0.4, 0.5) is 0 Å². The lowest BCUT2D eigenvalue weighted by Crippen LogP contribution is -2.22. The summed E-state index contributed by atoms with van der Waals surface area (Å²) in [4.78, 5) is 0. The molecular formula is C5H10BrN. The molecule has 1 N–H and O–H groups in total. The second-order valence-corrected chi connectivity index (χ2v) is 2.60. The minimum absolute atomic E-state index is 0.764. The van der Waals surface area contributed by atoms with E-state index in [0.717, 1.165) is 11.4 Å². The van der Waals surface area contributed by atoms with Gasteiger partial charge in [0.15, 0.2) is 0 Å². The van der Waals surface area contributed by atoms with Gasteiger partial charge < -0.3 is 5.32 Å². The van der Waals surface area contributed by atoms with Crippen molar-refractivity contribution in [1.82, 2.24) is 5.32 Å². The van der Waals surface area contributed by atoms with Crippen molar-refractivity contribution in [3.8, 4) is 0 Å². The normalized spacial score (nSPS) is 31.3. The molecule has 0 aromatic rings. The zero-order chi connectivity index (χ0) is 5.11. The average molecular weight is 164 g/mol. The second kappa shape index (κ2) is 2.68. The summed E-state index contributed by atoms with van der Waals surface area (Å²) in [5.41, 5.74) is 0. The van der Waals surface area contributed by atoms with Crippen LogP contribution in [-0.2, 0) is 0 Å². The summed E-state index contributed by atoms with van der Waals surface area (Å²) in [6.45, 7) is 1.22. The molecule has 0 spiro atoms. The maximum Gasteiger partial charge on any atom is 0.0186 e. The van der Waals surface area contributed by atoms with E-state index < -0.39 is 0 Å². The van der Waals surface area contributed by atoms with Crippen molar-refractivity contribution in [2.24, 2.45) is 0 Å². The Morgan fingerprint density at radius 1 is 1.71 bits per heavy atom. The van der Waals surface area contributed by atoms with E-state index in [2.05, 4.69) is 21.2 Å². The van der Waals surface area contributed by atoms with Crippen LogP contribution in [0.5, 0.6) is 0 Å². The largest absolute Gasteiger partial charge is 0.313 e. The fraction of sp³-hybridized carbons (Fsp3) is 1.00. The smallest absolute Gasteiger partial charge is 0.0186 e. The maximum absolute atomic E-state index is 3.41. The fourth-order valence-electron chi connectivity index (χ4n) is 0.888. The highest BCUT2D eigenvalue weighted by molar-refractivity contribution is 9.09. The standard InChI is InChI=1S/C5H10BrN/c6-4-5-2-1-3-7-5/h5,7H,1-4H2/t5-/m1/s1. The van der Waals surface area contributed by atoms with Gasteiger partial charge in [-0.15, -0.1) is 0 Å². The first-order valence-corrected chi connectivity index (χ1v) is 3.85. The van der Waals surface area contributed by atoms with E-state index in [1.54, 1.807) is 0 Å². The summed E-state index contributed by atoms with van der Waals surface area (Å²) in [6.07, 6.45) is 2.71. The van der Waals surface area contributed by atoms with Crippen LogP contribution in [0.2, 0.25) is 0 Å². The van der Waals surface area contributed by atoms with Crippen LogP contribution in [0.1, 0.15) is 12.8 Å². The number of rotatable bonds is 1.